The molecule has 0 radical (unpaired) electrons. The van der Waals surface area contributed by atoms with E-state index in [4.69, 9.17) is 4.74 Å². The van der Waals surface area contributed by atoms with Crippen molar-refractivity contribution in [1.82, 2.24) is 5.32 Å². The highest BCUT2D eigenvalue weighted by molar-refractivity contribution is 6.32. The van der Waals surface area contributed by atoms with E-state index in [1.54, 1.807) is 0 Å². The van der Waals surface area contributed by atoms with Crippen LogP contribution in [0.5, 0.6) is 0 Å². The van der Waals surface area contributed by atoms with Gasteiger partial charge in [0.2, 0.25) is 0 Å². The van der Waals surface area contributed by atoms with E-state index in [2.05, 4.69) is 26.1 Å². The molecule has 0 unspecified atom stereocenters. The van der Waals surface area contributed by atoms with Gasteiger partial charge in [0.25, 0.3) is 0 Å². The maximum absolute atomic E-state index is 11.5. The number of ether oxygens (including phenoxy) is 1. The predicted molar refractivity (Wildman–Crippen MR) is 65.3 cm³/mol. The summed E-state index contributed by atoms with van der Waals surface area (Å²) in [7, 11) is 1.44. The second-order valence-electron chi connectivity index (χ2n) is 5.35. The fourth-order valence-corrected chi connectivity index (χ4v) is 2.54. The van der Waals surface area contributed by atoms with Crippen LogP contribution in [0.25, 0.3) is 0 Å². The van der Waals surface area contributed by atoms with Crippen LogP contribution in [-0.2, 0) is 14.3 Å². The largest absolute Gasteiger partial charge is 0.455 e. The summed E-state index contributed by atoms with van der Waals surface area (Å²) in [6, 6.07) is 0. The highest BCUT2D eigenvalue weighted by atomic mass is 16.5. The molecular weight excluding hydrogens is 218 g/mol. The SMILES string of the molecule is CNC(=O)C(=O)O[C@H]1C[C@H](C)CC[C@@H]1C(C)C. The van der Waals surface area contributed by atoms with Crippen LogP contribution in [0.15, 0.2) is 0 Å². The second-order valence-corrected chi connectivity index (χ2v) is 5.35. The summed E-state index contributed by atoms with van der Waals surface area (Å²) < 4.78 is 5.34. The summed E-state index contributed by atoms with van der Waals surface area (Å²) >= 11 is 0. The van der Waals surface area contributed by atoms with Gasteiger partial charge in [0.1, 0.15) is 6.10 Å². The van der Waals surface area contributed by atoms with E-state index in [9.17, 15) is 9.59 Å². The molecule has 0 aromatic heterocycles. The molecule has 1 aliphatic carbocycles. The molecule has 0 saturated heterocycles. The molecule has 1 fully saturated rings. The average molecular weight is 241 g/mol. The van der Waals surface area contributed by atoms with Gasteiger partial charge in [-0.3, -0.25) is 4.79 Å². The molecule has 1 rings (SSSR count). The molecule has 0 aliphatic heterocycles. The van der Waals surface area contributed by atoms with Crippen LogP contribution >= 0.6 is 0 Å². The van der Waals surface area contributed by atoms with Crippen LogP contribution < -0.4 is 5.32 Å². The molecule has 0 aromatic rings. The molecule has 1 N–H and O–H groups in total. The van der Waals surface area contributed by atoms with Gasteiger partial charge in [-0.05, 0) is 30.6 Å². The lowest BCUT2D eigenvalue weighted by Gasteiger charge is -2.36. The predicted octanol–water partition coefficient (Wildman–Crippen LogP) is 1.74. The quantitative estimate of drug-likeness (QED) is 0.592. The van der Waals surface area contributed by atoms with Crippen molar-refractivity contribution in [3.05, 3.63) is 0 Å². The lowest BCUT2D eigenvalue weighted by molar-refractivity contribution is -0.163. The Morgan fingerprint density at radius 3 is 2.47 bits per heavy atom. The first kappa shape index (κ1) is 14.0. The fourth-order valence-electron chi connectivity index (χ4n) is 2.54. The Morgan fingerprint density at radius 2 is 1.94 bits per heavy atom. The van der Waals surface area contributed by atoms with Gasteiger partial charge < -0.3 is 10.1 Å². The van der Waals surface area contributed by atoms with Gasteiger partial charge in [-0.2, -0.15) is 0 Å². The molecule has 0 aromatic carbocycles. The number of carbonyl (C=O) groups is 2. The maximum atomic E-state index is 11.5. The minimum Gasteiger partial charge on any atom is -0.455 e. The van der Waals surface area contributed by atoms with Gasteiger partial charge >= 0.3 is 11.9 Å². The third-order valence-corrected chi connectivity index (χ3v) is 3.63. The highest BCUT2D eigenvalue weighted by Gasteiger charge is 2.34. The van der Waals surface area contributed by atoms with E-state index in [-0.39, 0.29) is 6.10 Å². The average Bonchev–Trinajstić information content (AvgIpc) is 2.27. The van der Waals surface area contributed by atoms with Crippen molar-refractivity contribution in [1.29, 1.82) is 0 Å². The first-order valence-corrected chi connectivity index (χ1v) is 6.38. The lowest BCUT2D eigenvalue weighted by Crippen LogP contribution is -2.39. The van der Waals surface area contributed by atoms with Gasteiger partial charge in [0.05, 0.1) is 0 Å². The Balaban J connectivity index is 2.63. The fraction of sp³-hybridized carbons (Fsp3) is 0.846. The van der Waals surface area contributed by atoms with Crippen molar-refractivity contribution in [3.8, 4) is 0 Å². The molecule has 1 amide bonds. The highest BCUT2D eigenvalue weighted by Crippen LogP contribution is 2.35. The van der Waals surface area contributed by atoms with E-state index in [0.29, 0.717) is 17.8 Å². The molecule has 4 heteroatoms. The Bertz CT molecular complexity index is 288. The second kappa shape index (κ2) is 6.03. The summed E-state index contributed by atoms with van der Waals surface area (Å²) in [6.45, 7) is 6.44. The van der Waals surface area contributed by atoms with Crippen molar-refractivity contribution in [2.45, 2.75) is 46.1 Å². The van der Waals surface area contributed by atoms with Gasteiger partial charge in [-0.1, -0.05) is 27.2 Å². The Morgan fingerprint density at radius 1 is 1.29 bits per heavy atom. The van der Waals surface area contributed by atoms with Crippen molar-refractivity contribution in [2.75, 3.05) is 7.05 Å². The standard InChI is InChI=1S/C13H23NO3/c1-8(2)10-6-5-9(3)7-11(10)17-13(16)12(15)14-4/h8-11H,5-7H2,1-4H3,(H,14,15)/t9-,10-,11+/m1/s1. The first-order chi connectivity index (χ1) is 7.95. The van der Waals surface area contributed by atoms with E-state index < -0.39 is 11.9 Å². The summed E-state index contributed by atoms with van der Waals surface area (Å²) in [5.41, 5.74) is 0. The van der Waals surface area contributed by atoms with Crippen LogP contribution in [0.4, 0.5) is 0 Å². The number of likely N-dealkylation sites (N-methyl/N-ethyl adjacent to an activating group) is 1. The van der Waals surface area contributed by atoms with Gasteiger partial charge in [0, 0.05) is 7.05 Å². The lowest BCUT2D eigenvalue weighted by atomic mass is 9.75. The summed E-state index contributed by atoms with van der Waals surface area (Å²) in [5.74, 6) is 0.000245. The number of amides is 1. The monoisotopic (exact) mass is 241 g/mol. The van der Waals surface area contributed by atoms with Crippen molar-refractivity contribution >= 4 is 11.9 Å². The Hall–Kier alpha value is -1.06. The summed E-state index contributed by atoms with van der Waals surface area (Å²) in [6.07, 6.45) is 3.01. The van der Waals surface area contributed by atoms with Gasteiger partial charge in [-0.15, -0.1) is 0 Å². The molecule has 1 aliphatic rings. The zero-order valence-electron chi connectivity index (χ0n) is 11.2. The van der Waals surface area contributed by atoms with E-state index in [1.807, 2.05) is 0 Å². The van der Waals surface area contributed by atoms with Crippen LogP contribution in [-0.4, -0.2) is 25.0 Å². The van der Waals surface area contributed by atoms with E-state index in [1.165, 1.54) is 13.5 Å². The summed E-state index contributed by atoms with van der Waals surface area (Å²) in [5, 5.41) is 2.30. The Kier molecular flexibility index (Phi) is 4.97. The molecule has 0 spiro atoms. The van der Waals surface area contributed by atoms with Crippen molar-refractivity contribution in [3.63, 3.8) is 0 Å². The summed E-state index contributed by atoms with van der Waals surface area (Å²) in [4.78, 5) is 22.6. The maximum Gasteiger partial charge on any atom is 0.397 e. The Labute approximate surface area is 103 Å². The van der Waals surface area contributed by atoms with Crippen molar-refractivity contribution in [2.24, 2.45) is 17.8 Å². The van der Waals surface area contributed by atoms with Crippen LogP contribution in [0.2, 0.25) is 0 Å². The molecular formula is C13H23NO3. The smallest absolute Gasteiger partial charge is 0.397 e. The zero-order valence-corrected chi connectivity index (χ0v) is 11.2. The third-order valence-electron chi connectivity index (χ3n) is 3.63. The number of carbonyl (C=O) groups excluding carboxylic acids is 2. The number of nitrogens with one attached hydrogen (secondary N) is 1. The molecule has 0 heterocycles. The number of rotatable bonds is 2. The minimum absolute atomic E-state index is 0.108. The van der Waals surface area contributed by atoms with Crippen molar-refractivity contribution < 1.29 is 14.3 Å². The number of hydrogen-bond acceptors (Lipinski definition) is 3. The first-order valence-electron chi connectivity index (χ1n) is 6.38. The molecule has 98 valence electrons. The number of hydrogen-bond donors (Lipinski definition) is 1. The number of esters is 1. The van der Waals surface area contributed by atoms with E-state index >= 15 is 0 Å². The minimum atomic E-state index is -0.753. The topological polar surface area (TPSA) is 55.4 Å². The molecule has 4 nitrogen and oxygen atoms in total. The van der Waals surface area contributed by atoms with Crippen LogP contribution in [0.3, 0.4) is 0 Å². The van der Waals surface area contributed by atoms with Crippen LogP contribution in [0.1, 0.15) is 40.0 Å². The van der Waals surface area contributed by atoms with Crippen LogP contribution in [0, 0.1) is 17.8 Å². The van der Waals surface area contributed by atoms with Gasteiger partial charge in [0.15, 0.2) is 0 Å². The molecule has 0 bridgehead atoms. The zero-order chi connectivity index (χ0) is 13.0. The molecule has 17 heavy (non-hydrogen) atoms. The molecule has 3 atom stereocenters. The van der Waals surface area contributed by atoms with E-state index in [0.717, 1.165) is 12.8 Å². The molecule has 1 saturated carbocycles. The third kappa shape index (κ3) is 3.72. The normalized spacial score (nSPS) is 28.9. The van der Waals surface area contributed by atoms with Gasteiger partial charge in [-0.25, -0.2) is 4.79 Å².